The van der Waals surface area contributed by atoms with Crippen LogP contribution in [0.5, 0.6) is 0 Å². The molecule has 10 heavy (non-hydrogen) atoms. The van der Waals surface area contributed by atoms with E-state index in [-0.39, 0.29) is 5.88 Å². The van der Waals surface area contributed by atoms with Crippen LogP contribution < -0.4 is 5.73 Å². The molecule has 0 radical (unpaired) electrons. The monoisotopic (exact) mass is 140 g/mol. The highest BCUT2D eigenvalue weighted by Gasteiger charge is 2.46. The van der Waals surface area contributed by atoms with Gasteiger partial charge in [0.25, 0.3) is 0 Å². The number of rotatable bonds is 1. The molecule has 54 valence electrons. The van der Waals surface area contributed by atoms with Gasteiger partial charge in [-0.1, -0.05) is 0 Å². The first-order valence-electron chi connectivity index (χ1n) is 3.14. The number of hydrogen-bond acceptors (Lipinski definition) is 4. The Morgan fingerprint density at radius 1 is 1.70 bits per heavy atom. The number of aliphatic hydroxyl groups is 1. The van der Waals surface area contributed by atoms with E-state index in [1.165, 1.54) is 6.39 Å². The van der Waals surface area contributed by atoms with Gasteiger partial charge in [0.1, 0.15) is 11.3 Å². The van der Waals surface area contributed by atoms with Crippen molar-refractivity contribution in [2.24, 2.45) is 0 Å². The Morgan fingerprint density at radius 2 is 2.40 bits per heavy atom. The van der Waals surface area contributed by atoms with Gasteiger partial charge in [-0.2, -0.15) is 0 Å². The summed E-state index contributed by atoms with van der Waals surface area (Å²) in [5, 5.41) is 9.47. The van der Waals surface area contributed by atoms with Crippen molar-refractivity contribution in [3.05, 3.63) is 12.1 Å². The molecule has 1 saturated carbocycles. The normalized spacial score (nSPS) is 20.9. The molecular weight excluding hydrogens is 132 g/mol. The smallest absolute Gasteiger partial charge is 0.217 e. The molecule has 4 heteroatoms. The first kappa shape index (κ1) is 5.73. The maximum Gasteiger partial charge on any atom is 0.217 e. The number of hydrogen-bond donors (Lipinski definition) is 2. The maximum absolute atomic E-state index is 9.47. The van der Waals surface area contributed by atoms with E-state index in [2.05, 4.69) is 4.98 Å². The van der Waals surface area contributed by atoms with Gasteiger partial charge in [0.2, 0.25) is 5.88 Å². The quantitative estimate of drug-likeness (QED) is 0.586. The zero-order valence-electron chi connectivity index (χ0n) is 5.37. The molecule has 0 aliphatic heterocycles. The van der Waals surface area contributed by atoms with Gasteiger partial charge < -0.3 is 15.3 Å². The second-order valence-corrected chi connectivity index (χ2v) is 2.60. The van der Waals surface area contributed by atoms with E-state index in [0.29, 0.717) is 5.69 Å². The van der Waals surface area contributed by atoms with Gasteiger partial charge in [-0.25, -0.2) is 4.98 Å². The van der Waals surface area contributed by atoms with Crippen molar-refractivity contribution >= 4 is 5.88 Å². The van der Waals surface area contributed by atoms with Crippen LogP contribution in [0.25, 0.3) is 0 Å². The fourth-order valence-corrected chi connectivity index (χ4v) is 0.960. The van der Waals surface area contributed by atoms with E-state index in [1.807, 2.05) is 0 Å². The summed E-state index contributed by atoms with van der Waals surface area (Å²) < 4.78 is 4.74. The summed E-state index contributed by atoms with van der Waals surface area (Å²) in [7, 11) is 0. The molecule has 0 spiro atoms. The van der Waals surface area contributed by atoms with Crippen LogP contribution in [0.4, 0.5) is 5.88 Å². The lowest BCUT2D eigenvalue weighted by molar-refractivity contribution is 0.147. The van der Waals surface area contributed by atoms with Crippen molar-refractivity contribution in [1.29, 1.82) is 0 Å². The number of nitrogens with zero attached hydrogens (tertiary/aromatic N) is 1. The largest absolute Gasteiger partial charge is 0.428 e. The van der Waals surface area contributed by atoms with Crippen LogP contribution in [0.2, 0.25) is 0 Å². The van der Waals surface area contributed by atoms with Crippen LogP contribution in [0.15, 0.2) is 10.8 Å². The fourth-order valence-electron chi connectivity index (χ4n) is 0.960. The second kappa shape index (κ2) is 1.52. The van der Waals surface area contributed by atoms with Crippen molar-refractivity contribution in [3.8, 4) is 0 Å². The van der Waals surface area contributed by atoms with Crippen LogP contribution in [0.3, 0.4) is 0 Å². The molecule has 1 aliphatic rings. The highest BCUT2D eigenvalue weighted by Crippen LogP contribution is 2.46. The van der Waals surface area contributed by atoms with E-state index < -0.39 is 5.60 Å². The van der Waals surface area contributed by atoms with E-state index in [0.717, 1.165) is 12.8 Å². The molecule has 0 aromatic carbocycles. The Labute approximate surface area is 57.7 Å². The Balaban J connectivity index is 2.42. The Bertz CT molecular complexity index is 252. The average Bonchev–Trinajstić information content (AvgIpc) is 2.44. The third-order valence-electron chi connectivity index (χ3n) is 1.76. The fraction of sp³-hybridized carbons (Fsp3) is 0.500. The molecule has 0 saturated heterocycles. The van der Waals surface area contributed by atoms with Gasteiger partial charge in [0.05, 0.1) is 0 Å². The Hall–Kier alpha value is -1.03. The molecule has 0 bridgehead atoms. The number of anilines is 1. The van der Waals surface area contributed by atoms with Crippen molar-refractivity contribution in [3.63, 3.8) is 0 Å². The zero-order valence-corrected chi connectivity index (χ0v) is 5.37. The van der Waals surface area contributed by atoms with E-state index in [9.17, 15) is 5.11 Å². The summed E-state index contributed by atoms with van der Waals surface area (Å²) in [6.07, 6.45) is 2.73. The van der Waals surface area contributed by atoms with Crippen molar-refractivity contribution in [2.45, 2.75) is 18.4 Å². The lowest BCUT2D eigenvalue weighted by Crippen LogP contribution is -2.07. The van der Waals surface area contributed by atoms with Gasteiger partial charge in [-0.15, -0.1) is 0 Å². The average molecular weight is 140 g/mol. The zero-order chi connectivity index (χ0) is 7.19. The number of oxazole rings is 1. The molecule has 1 aromatic rings. The number of nitrogens with two attached hydrogens (primary N) is 1. The predicted molar refractivity (Wildman–Crippen MR) is 34.0 cm³/mol. The highest BCUT2D eigenvalue weighted by atomic mass is 16.4. The van der Waals surface area contributed by atoms with Gasteiger partial charge in [0.15, 0.2) is 6.39 Å². The summed E-state index contributed by atoms with van der Waals surface area (Å²) in [5.74, 6) is 0.236. The first-order chi connectivity index (χ1) is 4.72. The van der Waals surface area contributed by atoms with E-state index >= 15 is 0 Å². The molecule has 3 N–H and O–H groups in total. The molecule has 0 atom stereocenters. The SMILES string of the molecule is Nc1ocnc1C1(O)CC1. The Kier molecular flexibility index (Phi) is 0.870. The van der Waals surface area contributed by atoms with E-state index in [1.54, 1.807) is 0 Å². The molecule has 0 amide bonds. The third kappa shape index (κ3) is 0.623. The standard InChI is InChI=1S/C6H8N2O2/c7-5-4(8-3-10-5)6(9)1-2-6/h3,9H,1-2,7H2. The minimum atomic E-state index is -0.767. The summed E-state index contributed by atoms with van der Waals surface area (Å²) in [6, 6.07) is 0. The molecule has 1 aliphatic carbocycles. The molecule has 2 rings (SSSR count). The first-order valence-corrected chi connectivity index (χ1v) is 3.14. The Morgan fingerprint density at radius 3 is 2.80 bits per heavy atom. The number of nitrogen functional groups attached to an aromatic ring is 1. The van der Waals surface area contributed by atoms with Gasteiger partial charge in [0, 0.05) is 0 Å². The lowest BCUT2D eigenvalue weighted by atomic mass is 10.2. The topological polar surface area (TPSA) is 72.3 Å². The highest BCUT2D eigenvalue weighted by molar-refractivity contribution is 5.37. The maximum atomic E-state index is 9.47. The van der Waals surface area contributed by atoms with Crippen LogP contribution in [0, 0.1) is 0 Å². The molecular formula is C6H8N2O2. The third-order valence-corrected chi connectivity index (χ3v) is 1.76. The minimum absolute atomic E-state index is 0.236. The van der Waals surface area contributed by atoms with E-state index in [4.69, 9.17) is 10.2 Å². The second-order valence-electron chi connectivity index (χ2n) is 2.60. The molecule has 1 aromatic heterocycles. The minimum Gasteiger partial charge on any atom is -0.428 e. The summed E-state index contributed by atoms with van der Waals surface area (Å²) in [5.41, 5.74) is 5.10. The molecule has 1 heterocycles. The van der Waals surface area contributed by atoms with Gasteiger partial charge in [-0.3, -0.25) is 0 Å². The van der Waals surface area contributed by atoms with Crippen LogP contribution in [0.1, 0.15) is 18.5 Å². The molecule has 4 nitrogen and oxygen atoms in total. The molecule has 1 fully saturated rings. The van der Waals surface area contributed by atoms with Crippen molar-refractivity contribution in [2.75, 3.05) is 5.73 Å². The van der Waals surface area contributed by atoms with Crippen molar-refractivity contribution in [1.82, 2.24) is 4.98 Å². The number of aromatic nitrogens is 1. The predicted octanol–water partition coefficient (Wildman–Crippen LogP) is 0.238. The van der Waals surface area contributed by atoms with Crippen molar-refractivity contribution < 1.29 is 9.52 Å². The summed E-state index contributed by atoms with van der Waals surface area (Å²) in [6.45, 7) is 0. The van der Waals surface area contributed by atoms with Crippen LogP contribution in [-0.2, 0) is 5.60 Å². The summed E-state index contributed by atoms with van der Waals surface area (Å²) >= 11 is 0. The van der Waals surface area contributed by atoms with Crippen LogP contribution >= 0.6 is 0 Å². The van der Waals surface area contributed by atoms with Gasteiger partial charge >= 0.3 is 0 Å². The van der Waals surface area contributed by atoms with Crippen LogP contribution in [-0.4, -0.2) is 10.1 Å². The lowest BCUT2D eigenvalue weighted by Gasteiger charge is -2.00. The summed E-state index contributed by atoms with van der Waals surface area (Å²) in [4.78, 5) is 3.81. The molecule has 0 unspecified atom stereocenters. The van der Waals surface area contributed by atoms with Gasteiger partial charge in [-0.05, 0) is 12.8 Å².